The topological polar surface area (TPSA) is 22.1 Å². The summed E-state index contributed by atoms with van der Waals surface area (Å²) in [4.78, 5) is 4.58. The van der Waals surface area contributed by atoms with Gasteiger partial charge in [0.15, 0.2) is 0 Å². The van der Waals surface area contributed by atoms with E-state index in [0.717, 1.165) is 28.8 Å². The van der Waals surface area contributed by atoms with Crippen LogP contribution in [0, 0.1) is 6.92 Å². The third kappa shape index (κ3) is 1.67. The van der Waals surface area contributed by atoms with Crippen LogP contribution in [0.25, 0.3) is 10.9 Å². The van der Waals surface area contributed by atoms with Crippen molar-refractivity contribution in [1.82, 2.24) is 4.98 Å². The molecule has 0 saturated heterocycles. The first kappa shape index (κ1) is 9.97. The Hall–Kier alpha value is -1.57. The van der Waals surface area contributed by atoms with Gasteiger partial charge in [0, 0.05) is 17.1 Å². The zero-order chi connectivity index (χ0) is 10.8. The molecule has 15 heavy (non-hydrogen) atoms. The first-order chi connectivity index (χ1) is 7.26. The minimum atomic E-state index is 0.910. The Labute approximate surface area is 89.9 Å². The first-order valence-electron chi connectivity index (χ1n) is 5.19. The summed E-state index contributed by atoms with van der Waals surface area (Å²) in [6, 6.07) is 8.20. The minimum Gasteiger partial charge on any atom is -0.496 e. The maximum absolute atomic E-state index is 5.37. The van der Waals surface area contributed by atoms with Crippen molar-refractivity contribution in [3.63, 3.8) is 0 Å². The number of para-hydroxylation sites is 1. The number of hydrogen-bond acceptors (Lipinski definition) is 2. The van der Waals surface area contributed by atoms with Crippen molar-refractivity contribution in [1.29, 1.82) is 0 Å². The molecule has 2 rings (SSSR count). The zero-order valence-corrected chi connectivity index (χ0v) is 9.37. The van der Waals surface area contributed by atoms with Crippen LogP contribution in [0.2, 0.25) is 0 Å². The van der Waals surface area contributed by atoms with Gasteiger partial charge >= 0.3 is 0 Å². The number of methoxy groups -OCH3 is 1. The molecule has 0 N–H and O–H groups in total. The highest BCUT2D eigenvalue weighted by Crippen LogP contribution is 2.27. The summed E-state index contributed by atoms with van der Waals surface area (Å²) in [7, 11) is 1.70. The Morgan fingerprint density at radius 1 is 1.33 bits per heavy atom. The van der Waals surface area contributed by atoms with Gasteiger partial charge < -0.3 is 4.74 Å². The molecule has 1 aromatic carbocycles. The van der Waals surface area contributed by atoms with E-state index in [1.807, 2.05) is 13.0 Å². The predicted molar refractivity (Wildman–Crippen MR) is 62.4 cm³/mol. The Balaban J connectivity index is 2.82. The number of nitrogens with zero attached hydrogens (tertiary/aromatic N) is 1. The quantitative estimate of drug-likeness (QED) is 0.744. The summed E-state index contributed by atoms with van der Waals surface area (Å²) in [5.41, 5.74) is 3.34. The molecule has 0 radical (unpaired) electrons. The molecule has 2 aromatic rings. The number of fused-ring (bicyclic) bond motifs is 1. The van der Waals surface area contributed by atoms with E-state index in [2.05, 4.69) is 30.1 Å². The fraction of sp³-hybridized carbons (Fsp3) is 0.308. The Bertz CT molecular complexity index is 491. The summed E-state index contributed by atoms with van der Waals surface area (Å²) in [5, 5.41) is 1.10. The van der Waals surface area contributed by atoms with Crippen molar-refractivity contribution in [3.8, 4) is 5.75 Å². The summed E-state index contributed by atoms with van der Waals surface area (Å²) in [6.07, 6.45) is 0.997. The van der Waals surface area contributed by atoms with Crippen LogP contribution >= 0.6 is 0 Å². The number of aromatic nitrogens is 1. The number of hydrogen-bond donors (Lipinski definition) is 0. The fourth-order valence-corrected chi connectivity index (χ4v) is 1.85. The zero-order valence-electron chi connectivity index (χ0n) is 9.37. The highest BCUT2D eigenvalue weighted by atomic mass is 16.5. The lowest BCUT2D eigenvalue weighted by molar-refractivity contribution is 0.419. The van der Waals surface area contributed by atoms with Crippen LogP contribution in [0.5, 0.6) is 5.75 Å². The van der Waals surface area contributed by atoms with Crippen molar-refractivity contribution < 1.29 is 4.74 Å². The van der Waals surface area contributed by atoms with E-state index in [-0.39, 0.29) is 0 Å². The van der Waals surface area contributed by atoms with Gasteiger partial charge in [0.1, 0.15) is 5.75 Å². The molecule has 1 heterocycles. The number of ether oxygens (including phenoxy) is 1. The molecular weight excluding hydrogens is 186 g/mol. The standard InChI is InChI=1S/C13H15NO/c1-4-10-6-5-7-11-12(15-3)8-9(2)14-13(10)11/h5-8H,4H2,1-3H3. The van der Waals surface area contributed by atoms with Crippen LogP contribution in [0.4, 0.5) is 0 Å². The first-order valence-corrected chi connectivity index (χ1v) is 5.19. The Kier molecular flexibility index (Phi) is 2.58. The van der Waals surface area contributed by atoms with E-state index >= 15 is 0 Å². The number of aryl methyl sites for hydroxylation is 2. The smallest absolute Gasteiger partial charge is 0.130 e. The highest BCUT2D eigenvalue weighted by molar-refractivity contribution is 5.87. The largest absolute Gasteiger partial charge is 0.496 e. The van der Waals surface area contributed by atoms with Gasteiger partial charge in [0.25, 0.3) is 0 Å². The van der Waals surface area contributed by atoms with E-state index in [9.17, 15) is 0 Å². The van der Waals surface area contributed by atoms with E-state index in [4.69, 9.17) is 4.74 Å². The van der Waals surface area contributed by atoms with Gasteiger partial charge in [-0.3, -0.25) is 4.98 Å². The summed E-state index contributed by atoms with van der Waals surface area (Å²) < 4.78 is 5.37. The van der Waals surface area contributed by atoms with Crippen LogP contribution in [0.3, 0.4) is 0 Å². The molecule has 0 aliphatic rings. The summed E-state index contributed by atoms with van der Waals surface area (Å²) in [6.45, 7) is 4.14. The summed E-state index contributed by atoms with van der Waals surface area (Å²) >= 11 is 0. The van der Waals surface area contributed by atoms with Crippen molar-refractivity contribution in [2.75, 3.05) is 7.11 Å². The number of pyridine rings is 1. The van der Waals surface area contributed by atoms with Crippen molar-refractivity contribution in [3.05, 3.63) is 35.5 Å². The average molecular weight is 201 g/mol. The third-order valence-electron chi connectivity index (χ3n) is 2.61. The van der Waals surface area contributed by atoms with Gasteiger partial charge in [0.05, 0.1) is 12.6 Å². The normalized spacial score (nSPS) is 10.6. The molecule has 0 unspecified atom stereocenters. The maximum atomic E-state index is 5.37. The second-order valence-corrected chi connectivity index (χ2v) is 3.63. The lowest BCUT2D eigenvalue weighted by Gasteiger charge is -2.09. The molecular formula is C13H15NO. The highest BCUT2D eigenvalue weighted by Gasteiger charge is 2.06. The molecule has 0 aliphatic heterocycles. The van der Waals surface area contributed by atoms with Crippen LogP contribution in [0.1, 0.15) is 18.2 Å². The molecule has 0 saturated carbocycles. The molecule has 0 aliphatic carbocycles. The second-order valence-electron chi connectivity index (χ2n) is 3.63. The van der Waals surface area contributed by atoms with Gasteiger partial charge in [-0.1, -0.05) is 19.1 Å². The monoisotopic (exact) mass is 201 g/mol. The SMILES string of the molecule is CCc1cccc2c(OC)cc(C)nc12. The van der Waals surface area contributed by atoms with E-state index in [0.29, 0.717) is 0 Å². The number of rotatable bonds is 2. The Morgan fingerprint density at radius 3 is 2.80 bits per heavy atom. The molecule has 2 heteroatoms. The molecule has 2 nitrogen and oxygen atoms in total. The van der Waals surface area contributed by atoms with Gasteiger partial charge in [-0.05, 0) is 25.0 Å². The predicted octanol–water partition coefficient (Wildman–Crippen LogP) is 3.11. The molecule has 0 fully saturated rings. The van der Waals surface area contributed by atoms with E-state index < -0.39 is 0 Å². The van der Waals surface area contributed by atoms with Gasteiger partial charge in [-0.25, -0.2) is 0 Å². The molecule has 78 valence electrons. The van der Waals surface area contributed by atoms with Crippen molar-refractivity contribution >= 4 is 10.9 Å². The van der Waals surface area contributed by atoms with Crippen LogP contribution in [0.15, 0.2) is 24.3 Å². The fourth-order valence-electron chi connectivity index (χ4n) is 1.85. The van der Waals surface area contributed by atoms with Crippen molar-refractivity contribution in [2.45, 2.75) is 20.3 Å². The van der Waals surface area contributed by atoms with Gasteiger partial charge in [-0.15, -0.1) is 0 Å². The van der Waals surface area contributed by atoms with Crippen LogP contribution in [-0.2, 0) is 6.42 Å². The maximum Gasteiger partial charge on any atom is 0.130 e. The van der Waals surface area contributed by atoms with Gasteiger partial charge in [0.2, 0.25) is 0 Å². The van der Waals surface area contributed by atoms with Crippen LogP contribution in [-0.4, -0.2) is 12.1 Å². The molecule has 0 amide bonds. The van der Waals surface area contributed by atoms with Crippen molar-refractivity contribution in [2.24, 2.45) is 0 Å². The Morgan fingerprint density at radius 2 is 2.13 bits per heavy atom. The molecule has 1 aromatic heterocycles. The molecule has 0 bridgehead atoms. The lowest BCUT2D eigenvalue weighted by Crippen LogP contribution is -1.93. The van der Waals surface area contributed by atoms with E-state index in [1.54, 1.807) is 7.11 Å². The third-order valence-corrected chi connectivity index (χ3v) is 2.61. The van der Waals surface area contributed by atoms with Gasteiger partial charge in [-0.2, -0.15) is 0 Å². The van der Waals surface area contributed by atoms with Crippen LogP contribution < -0.4 is 4.74 Å². The second kappa shape index (κ2) is 3.89. The summed E-state index contributed by atoms with van der Waals surface area (Å²) in [5.74, 6) is 0.910. The molecule has 0 spiro atoms. The molecule has 0 atom stereocenters. The lowest BCUT2D eigenvalue weighted by atomic mass is 10.1. The van der Waals surface area contributed by atoms with E-state index in [1.165, 1.54) is 5.56 Å². The number of benzene rings is 1. The minimum absolute atomic E-state index is 0.910. The average Bonchev–Trinajstić information content (AvgIpc) is 2.27.